The van der Waals surface area contributed by atoms with Gasteiger partial charge in [0.25, 0.3) is 5.56 Å². The zero-order valence-electron chi connectivity index (χ0n) is 10.4. The molecule has 0 radical (unpaired) electrons. The molecule has 0 amide bonds. The molecule has 0 aromatic heterocycles. The lowest BCUT2D eigenvalue weighted by molar-refractivity contribution is 0.340. The zero-order valence-corrected chi connectivity index (χ0v) is 11.2. The molecule has 2 aliphatic heterocycles. The molecule has 20 heavy (non-hydrogen) atoms. The van der Waals surface area contributed by atoms with Crippen LogP contribution < -0.4 is 16.0 Å². The number of rotatable bonds is 2. The first-order valence-corrected chi connectivity index (χ1v) is 6.27. The number of nitrogens with one attached hydrogen (secondary N) is 1. The van der Waals surface area contributed by atoms with E-state index in [1.165, 1.54) is 0 Å². The number of fused-ring (bicyclic) bond motifs is 2. The average molecular weight is 293 g/mol. The molecule has 1 aromatic rings. The number of H-pyrrole nitrogens is 1. The largest absolute Gasteiger partial charge is 0.492 e. The fourth-order valence-corrected chi connectivity index (χ4v) is 2.20. The van der Waals surface area contributed by atoms with Gasteiger partial charge in [0, 0.05) is 5.39 Å². The van der Waals surface area contributed by atoms with E-state index in [0.29, 0.717) is 23.3 Å². The van der Waals surface area contributed by atoms with Crippen molar-refractivity contribution in [2.24, 2.45) is 0 Å². The van der Waals surface area contributed by atoms with Gasteiger partial charge >= 0.3 is 5.69 Å². The Morgan fingerprint density at radius 2 is 2.20 bits per heavy atom. The van der Waals surface area contributed by atoms with Crippen LogP contribution in [0.4, 0.5) is 0 Å². The maximum absolute atomic E-state index is 11.7. The molecule has 0 saturated heterocycles. The van der Waals surface area contributed by atoms with E-state index < -0.39 is 11.2 Å². The lowest BCUT2D eigenvalue weighted by Crippen LogP contribution is -2.24. The van der Waals surface area contributed by atoms with Gasteiger partial charge in [-0.3, -0.25) is 9.78 Å². The second kappa shape index (κ2) is 4.64. The fourth-order valence-electron chi connectivity index (χ4n) is 1.94. The topological polar surface area (TPSA) is 85.2 Å². The molecule has 0 saturated carbocycles. The van der Waals surface area contributed by atoms with Gasteiger partial charge in [0.2, 0.25) is 5.89 Å². The minimum atomic E-state index is -0.761. The van der Waals surface area contributed by atoms with Gasteiger partial charge in [-0.25, -0.2) is 4.79 Å². The van der Waals surface area contributed by atoms with Gasteiger partial charge in [-0.15, -0.1) is 0 Å². The minimum absolute atomic E-state index is 0.0539. The third-order valence-electron chi connectivity index (χ3n) is 2.79. The maximum Gasteiger partial charge on any atom is 0.351 e. The van der Waals surface area contributed by atoms with E-state index in [-0.39, 0.29) is 16.5 Å². The summed E-state index contributed by atoms with van der Waals surface area (Å²) in [7, 11) is 0. The Kier molecular flexibility index (Phi) is 2.94. The van der Waals surface area contributed by atoms with Crippen LogP contribution in [0.15, 0.2) is 32.2 Å². The first-order valence-electron chi connectivity index (χ1n) is 5.89. The molecule has 0 unspecified atom stereocenters. The van der Waals surface area contributed by atoms with E-state index in [1.54, 1.807) is 18.2 Å². The summed E-state index contributed by atoms with van der Waals surface area (Å²) in [4.78, 5) is 28.6. The third kappa shape index (κ3) is 1.94. The van der Waals surface area contributed by atoms with Crippen LogP contribution in [0, 0.1) is 0 Å². The molecular weight excluding hydrogens is 284 g/mol. The van der Waals surface area contributed by atoms with Crippen molar-refractivity contribution in [1.29, 1.82) is 0 Å². The summed E-state index contributed by atoms with van der Waals surface area (Å²) in [6.07, 6.45) is 0. The Balaban J connectivity index is 2.40. The molecule has 2 heterocycles. The third-order valence-corrected chi connectivity index (χ3v) is 3.15. The first-order chi connectivity index (χ1) is 9.60. The summed E-state index contributed by atoms with van der Waals surface area (Å²) in [6, 6.07) is 4.99. The van der Waals surface area contributed by atoms with E-state index in [0.717, 1.165) is 0 Å². The smallest absolute Gasteiger partial charge is 0.351 e. The molecule has 0 aliphatic carbocycles. The van der Waals surface area contributed by atoms with E-state index in [2.05, 4.69) is 9.97 Å². The Morgan fingerprint density at radius 1 is 1.40 bits per heavy atom. The summed E-state index contributed by atoms with van der Waals surface area (Å²) in [6.45, 7) is 2.30. The van der Waals surface area contributed by atoms with Gasteiger partial charge in [-0.05, 0) is 25.1 Å². The monoisotopic (exact) mass is 292 g/mol. The average Bonchev–Trinajstić information content (AvgIpc) is 2.41. The van der Waals surface area contributed by atoms with Crippen LogP contribution in [0.2, 0.25) is 5.02 Å². The number of aromatic nitrogens is 2. The number of ether oxygens (including phenoxy) is 1. The van der Waals surface area contributed by atoms with Crippen molar-refractivity contribution in [2.45, 2.75) is 6.92 Å². The van der Waals surface area contributed by atoms with E-state index in [4.69, 9.17) is 20.8 Å². The van der Waals surface area contributed by atoms with Crippen LogP contribution in [0.5, 0.6) is 5.75 Å². The van der Waals surface area contributed by atoms with E-state index in [1.807, 2.05) is 6.92 Å². The summed E-state index contributed by atoms with van der Waals surface area (Å²) in [5, 5.41) is 0.901. The van der Waals surface area contributed by atoms with Crippen molar-refractivity contribution in [1.82, 2.24) is 9.97 Å². The van der Waals surface area contributed by atoms with Crippen molar-refractivity contribution < 1.29 is 9.15 Å². The number of halogens is 1. The quantitative estimate of drug-likeness (QED) is 0.731. The van der Waals surface area contributed by atoms with Crippen molar-refractivity contribution in [2.75, 3.05) is 6.61 Å². The van der Waals surface area contributed by atoms with Crippen LogP contribution in [0.25, 0.3) is 22.4 Å². The molecule has 7 heteroatoms. The van der Waals surface area contributed by atoms with Crippen LogP contribution >= 0.6 is 11.6 Å². The Bertz CT molecular complexity index is 884. The van der Waals surface area contributed by atoms with Crippen LogP contribution in [-0.2, 0) is 0 Å². The molecule has 0 atom stereocenters. The molecule has 0 bridgehead atoms. The van der Waals surface area contributed by atoms with Crippen molar-refractivity contribution in [3.8, 4) is 17.2 Å². The molecule has 102 valence electrons. The van der Waals surface area contributed by atoms with Gasteiger partial charge in [-0.1, -0.05) is 11.6 Å². The second-order valence-electron chi connectivity index (χ2n) is 4.07. The zero-order chi connectivity index (χ0) is 14.3. The highest BCUT2D eigenvalue weighted by Crippen LogP contribution is 2.35. The molecule has 0 fully saturated rings. The number of nitrogens with zero attached hydrogens (tertiary/aromatic N) is 1. The molecule has 1 aromatic carbocycles. The maximum atomic E-state index is 11.7. The highest BCUT2D eigenvalue weighted by atomic mass is 35.5. The number of benzene rings is 1. The van der Waals surface area contributed by atoms with Crippen molar-refractivity contribution in [3.05, 3.63) is 44.1 Å². The van der Waals surface area contributed by atoms with Gasteiger partial charge in [0.15, 0.2) is 5.58 Å². The normalized spacial score (nSPS) is 11.1. The summed E-state index contributed by atoms with van der Waals surface area (Å²) in [5.74, 6) is 0.416. The van der Waals surface area contributed by atoms with Crippen LogP contribution in [-0.4, -0.2) is 16.6 Å². The van der Waals surface area contributed by atoms with Crippen LogP contribution in [0.1, 0.15) is 6.92 Å². The first kappa shape index (κ1) is 12.7. The van der Waals surface area contributed by atoms with E-state index >= 15 is 0 Å². The predicted molar refractivity (Wildman–Crippen MR) is 73.7 cm³/mol. The van der Waals surface area contributed by atoms with E-state index in [9.17, 15) is 9.59 Å². The Hall–Kier alpha value is -2.34. The Labute approximate surface area is 117 Å². The van der Waals surface area contributed by atoms with Gasteiger partial charge in [0.1, 0.15) is 16.3 Å². The summed E-state index contributed by atoms with van der Waals surface area (Å²) < 4.78 is 10.8. The van der Waals surface area contributed by atoms with Crippen molar-refractivity contribution in [3.63, 3.8) is 0 Å². The lowest BCUT2D eigenvalue weighted by Gasteiger charge is -2.09. The standard InChI is InChI=1S/C13H9ClN2O4/c1-2-19-8-4-3-6-5-7-11(17)15-13(18)16-12(7)20-10(6)9(8)14/h3-5H,2H2,1H3,(H,15,17,18). The summed E-state index contributed by atoms with van der Waals surface area (Å²) in [5.41, 5.74) is -0.793. The molecule has 3 rings (SSSR count). The summed E-state index contributed by atoms with van der Waals surface area (Å²) >= 11 is 6.19. The fraction of sp³-hybridized carbons (Fsp3) is 0.154. The van der Waals surface area contributed by atoms with Gasteiger partial charge in [0.05, 0.1) is 6.61 Å². The molecular formula is C13H9ClN2O4. The van der Waals surface area contributed by atoms with Crippen molar-refractivity contribution >= 4 is 22.6 Å². The minimum Gasteiger partial charge on any atom is -0.492 e. The second-order valence-corrected chi connectivity index (χ2v) is 4.44. The Morgan fingerprint density at radius 3 is 2.95 bits per heavy atom. The molecule has 0 spiro atoms. The SMILES string of the molecule is CCOc1ccc2cc3c(=O)[nH]c(=O)nc-3oc2c1Cl. The van der Waals surface area contributed by atoms with Gasteiger partial charge in [-0.2, -0.15) is 4.98 Å². The highest BCUT2D eigenvalue weighted by Gasteiger charge is 2.17. The highest BCUT2D eigenvalue weighted by molar-refractivity contribution is 6.36. The molecule has 6 nitrogen and oxygen atoms in total. The predicted octanol–water partition coefficient (Wildman–Crippen LogP) is 2.03. The number of aromatic amines is 1. The number of hydrogen-bond donors (Lipinski definition) is 1. The van der Waals surface area contributed by atoms with Crippen LogP contribution in [0.3, 0.4) is 0 Å². The lowest BCUT2D eigenvalue weighted by atomic mass is 10.1. The van der Waals surface area contributed by atoms with Gasteiger partial charge < -0.3 is 9.15 Å². The number of hydrogen-bond acceptors (Lipinski definition) is 5. The molecule has 2 aliphatic rings. The molecule has 1 N–H and O–H groups in total.